The summed E-state index contributed by atoms with van der Waals surface area (Å²) < 4.78 is 0.784. The molecule has 0 radical (unpaired) electrons. The van der Waals surface area contributed by atoms with Crippen molar-refractivity contribution in [1.82, 2.24) is 0 Å². The zero-order valence-electron chi connectivity index (χ0n) is 6.67. The third kappa shape index (κ3) is 2.48. The summed E-state index contributed by atoms with van der Waals surface area (Å²) >= 11 is 2.04. The van der Waals surface area contributed by atoms with Crippen LogP contribution in [0.25, 0.3) is 0 Å². The lowest BCUT2D eigenvalue weighted by Crippen LogP contribution is -1.96. The Hall–Kier alpha value is -0.580. The Balaban J connectivity index is 2.89. The molecule has 0 spiro atoms. The molecular weight excluding hydrogens is 267 g/mol. The molecule has 1 aromatic carbocycles. The van der Waals surface area contributed by atoms with Crippen molar-refractivity contribution in [1.29, 1.82) is 0 Å². The summed E-state index contributed by atoms with van der Waals surface area (Å²) in [6, 6.07) is 5.19. The van der Waals surface area contributed by atoms with E-state index < -0.39 is 0 Å². The van der Waals surface area contributed by atoms with Gasteiger partial charge in [0.15, 0.2) is 0 Å². The van der Waals surface area contributed by atoms with Gasteiger partial charge in [0.2, 0.25) is 0 Å². The van der Waals surface area contributed by atoms with Crippen LogP contribution in [0, 0.1) is 3.57 Å². The minimum atomic E-state index is 0.136. The van der Waals surface area contributed by atoms with E-state index in [0.717, 1.165) is 9.13 Å². The molecule has 0 aliphatic rings. The molecule has 0 fully saturated rings. The van der Waals surface area contributed by atoms with Crippen LogP contribution >= 0.6 is 22.6 Å². The molecule has 0 aromatic heterocycles. The van der Waals surface area contributed by atoms with Crippen LogP contribution in [0.2, 0.25) is 0 Å². The van der Waals surface area contributed by atoms with Crippen molar-refractivity contribution in [2.24, 2.45) is 0 Å². The summed E-state index contributed by atoms with van der Waals surface area (Å²) in [6.07, 6.45) is 0.441. The molecule has 12 heavy (non-hydrogen) atoms. The molecule has 1 aromatic rings. The fourth-order valence-electron chi connectivity index (χ4n) is 0.948. The van der Waals surface area contributed by atoms with E-state index in [1.165, 1.54) is 0 Å². The minimum absolute atomic E-state index is 0.136. The lowest BCUT2D eigenvalue weighted by atomic mass is 10.1. The third-order valence-corrected chi connectivity index (χ3v) is 2.33. The van der Waals surface area contributed by atoms with Gasteiger partial charge in [-0.25, -0.2) is 0 Å². The summed E-state index contributed by atoms with van der Waals surface area (Å²) in [4.78, 5) is 10.7. The number of carbonyl (C=O) groups is 1. The van der Waals surface area contributed by atoms with Gasteiger partial charge in [0.05, 0.1) is 3.57 Å². The van der Waals surface area contributed by atoms with E-state index in [-0.39, 0.29) is 11.5 Å². The molecule has 0 atom stereocenters. The fraction of sp³-hybridized carbons (Fsp3) is 0.222. The van der Waals surface area contributed by atoms with Crippen molar-refractivity contribution in [2.45, 2.75) is 13.3 Å². The quantitative estimate of drug-likeness (QED) is 0.840. The van der Waals surface area contributed by atoms with E-state index >= 15 is 0 Å². The molecule has 0 saturated heterocycles. The van der Waals surface area contributed by atoms with Crippen LogP contribution in [-0.2, 0) is 11.2 Å². The van der Waals surface area contributed by atoms with E-state index in [0.29, 0.717) is 6.42 Å². The molecule has 0 amide bonds. The van der Waals surface area contributed by atoms with Gasteiger partial charge in [-0.2, -0.15) is 0 Å². The van der Waals surface area contributed by atoms with Gasteiger partial charge in [0.25, 0.3) is 0 Å². The van der Waals surface area contributed by atoms with Gasteiger partial charge >= 0.3 is 0 Å². The highest BCUT2D eigenvalue weighted by molar-refractivity contribution is 14.1. The Bertz CT molecular complexity index is 307. The Morgan fingerprint density at radius 3 is 2.75 bits per heavy atom. The average molecular weight is 276 g/mol. The van der Waals surface area contributed by atoms with E-state index in [4.69, 9.17) is 0 Å². The number of rotatable bonds is 2. The summed E-state index contributed by atoms with van der Waals surface area (Å²) in [7, 11) is 0. The number of phenols is 1. The lowest BCUT2D eigenvalue weighted by Gasteiger charge is -2.00. The van der Waals surface area contributed by atoms with Crippen molar-refractivity contribution in [3.63, 3.8) is 0 Å². The highest BCUT2D eigenvalue weighted by Gasteiger charge is 2.01. The molecule has 0 bridgehead atoms. The van der Waals surface area contributed by atoms with Crippen LogP contribution in [0.4, 0.5) is 0 Å². The number of ketones is 1. The van der Waals surface area contributed by atoms with E-state index in [9.17, 15) is 9.90 Å². The lowest BCUT2D eigenvalue weighted by molar-refractivity contribution is -0.116. The first-order valence-corrected chi connectivity index (χ1v) is 4.64. The molecule has 2 nitrogen and oxygen atoms in total. The normalized spacial score (nSPS) is 9.83. The second-order valence-electron chi connectivity index (χ2n) is 2.66. The van der Waals surface area contributed by atoms with Gasteiger partial charge < -0.3 is 5.11 Å². The average Bonchev–Trinajstić information content (AvgIpc) is 1.96. The number of Topliss-reactive ketones (excluding diaryl/α,β-unsaturated/α-hetero) is 1. The van der Waals surface area contributed by atoms with E-state index in [2.05, 4.69) is 0 Å². The highest BCUT2D eigenvalue weighted by atomic mass is 127. The molecule has 1 N–H and O–H groups in total. The van der Waals surface area contributed by atoms with E-state index in [1.54, 1.807) is 19.1 Å². The molecule has 0 unspecified atom stereocenters. The number of halogens is 1. The number of aromatic hydroxyl groups is 1. The first kappa shape index (κ1) is 9.51. The van der Waals surface area contributed by atoms with Crippen molar-refractivity contribution in [2.75, 3.05) is 0 Å². The molecule has 3 heteroatoms. The van der Waals surface area contributed by atoms with Crippen LogP contribution in [-0.4, -0.2) is 10.9 Å². The van der Waals surface area contributed by atoms with Crippen LogP contribution in [0.1, 0.15) is 12.5 Å². The van der Waals surface area contributed by atoms with Crippen molar-refractivity contribution in [3.05, 3.63) is 27.3 Å². The number of phenolic OH excluding ortho intramolecular Hbond substituents is 1. The van der Waals surface area contributed by atoms with Crippen molar-refractivity contribution >= 4 is 28.4 Å². The zero-order chi connectivity index (χ0) is 9.14. The monoisotopic (exact) mass is 276 g/mol. The Morgan fingerprint density at radius 2 is 2.25 bits per heavy atom. The fourth-order valence-corrected chi connectivity index (χ4v) is 1.53. The van der Waals surface area contributed by atoms with Gasteiger partial charge in [-0.05, 0) is 47.2 Å². The Morgan fingerprint density at radius 1 is 1.58 bits per heavy atom. The van der Waals surface area contributed by atoms with Crippen LogP contribution in [0.3, 0.4) is 0 Å². The second-order valence-corrected chi connectivity index (χ2v) is 3.83. The molecule has 0 heterocycles. The minimum Gasteiger partial charge on any atom is -0.507 e. The number of hydrogen-bond donors (Lipinski definition) is 1. The molecule has 64 valence electrons. The van der Waals surface area contributed by atoms with Crippen molar-refractivity contribution in [3.8, 4) is 5.75 Å². The number of hydrogen-bond acceptors (Lipinski definition) is 2. The molecular formula is C9H9IO2. The predicted octanol–water partition coefficient (Wildman–Crippen LogP) is 2.13. The summed E-state index contributed by atoms with van der Waals surface area (Å²) in [5.41, 5.74) is 0.949. The predicted molar refractivity (Wildman–Crippen MR) is 55.2 cm³/mol. The smallest absolute Gasteiger partial charge is 0.134 e. The van der Waals surface area contributed by atoms with Gasteiger partial charge in [0, 0.05) is 6.42 Å². The first-order valence-electron chi connectivity index (χ1n) is 3.56. The molecule has 0 aliphatic heterocycles. The van der Waals surface area contributed by atoms with Gasteiger partial charge in [-0.1, -0.05) is 6.07 Å². The van der Waals surface area contributed by atoms with E-state index in [1.807, 2.05) is 28.7 Å². The van der Waals surface area contributed by atoms with Crippen molar-refractivity contribution < 1.29 is 9.90 Å². The summed E-state index contributed by atoms with van der Waals surface area (Å²) in [5, 5.41) is 9.19. The SMILES string of the molecule is CC(=O)Cc1ccc(O)c(I)c1. The molecule has 0 saturated carbocycles. The number of benzene rings is 1. The molecule has 0 aliphatic carbocycles. The standard InChI is InChI=1S/C9H9IO2/c1-6(11)4-7-2-3-9(12)8(10)5-7/h2-3,5,12H,4H2,1H3. The largest absolute Gasteiger partial charge is 0.507 e. The topological polar surface area (TPSA) is 37.3 Å². The summed E-state index contributed by atoms with van der Waals surface area (Å²) in [5.74, 6) is 0.402. The van der Waals surface area contributed by atoms with Crippen LogP contribution in [0.15, 0.2) is 18.2 Å². The van der Waals surface area contributed by atoms with Crippen LogP contribution < -0.4 is 0 Å². The van der Waals surface area contributed by atoms with Gasteiger partial charge in [-0.15, -0.1) is 0 Å². The maximum absolute atomic E-state index is 10.7. The number of carbonyl (C=O) groups excluding carboxylic acids is 1. The third-order valence-electron chi connectivity index (χ3n) is 1.47. The van der Waals surface area contributed by atoms with Crippen LogP contribution in [0.5, 0.6) is 5.75 Å². The molecule has 1 rings (SSSR count). The maximum atomic E-state index is 10.7. The van der Waals surface area contributed by atoms with Gasteiger partial charge in [-0.3, -0.25) is 4.79 Å². The first-order chi connectivity index (χ1) is 5.59. The maximum Gasteiger partial charge on any atom is 0.134 e. The van der Waals surface area contributed by atoms with Gasteiger partial charge in [0.1, 0.15) is 11.5 Å². The highest BCUT2D eigenvalue weighted by Crippen LogP contribution is 2.20. The zero-order valence-corrected chi connectivity index (χ0v) is 8.83. The second kappa shape index (κ2) is 3.89. The summed E-state index contributed by atoms with van der Waals surface area (Å²) in [6.45, 7) is 1.56. The Kier molecular flexibility index (Phi) is 3.08. The Labute approximate surface area is 84.7 Å².